The summed E-state index contributed by atoms with van der Waals surface area (Å²) in [5, 5.41) is 8.38. The van der Waals surface area contributed by atoms with Gasteiger partial charge in [0.1, 0.15) is 5.60 Å². The number of piperidine rings is 1. The van der Waals surface area contributed by atoms with Gasteiger partial charge >= 0.3 is 6.09 Å². The van der Waals surface area contributed by atoms with Crippen molar-refractivity contribution < 1.29 is 14.3 Å². The number of likely N-dealkylation sites (tertiary alicyclic amines) is 1. The number of H-pyrrole nitrogens is 1. The molecular weight excluding hydrogens is 490 g/mol. The van der Waals surface area contributed by atoms with Gasteiger partial charge in [0.25, 0.3) is 5.91 Å². The van der Waals surface area contributed by atoms with Crippen LogP contribution in [0.2, 0.25) is 0 Å². The zero-order valence-electron chi connectivity index (χ0n) is 24.0. The van der Waals surface area contributed by atoms with Gasteiger partial charge in [-0.2, -0.15) is 5.10 Å². The summed E-state index contributed by atoms with van der Waals surface area (Å²) in [4.78, 5) is 30.5. The van der Waals surface area contributed by atoms with Gasteiger partial charge in [-0.1, -0.05) is 19.9 Å². The number of aromatic nitrogens is 3. The highest BCUT2D eigenvalue weighted by atomic mass is 16.6. The predicted octanol–water partition coefficient (Wildman–Crippen LogP) is 6.39. The predicted molar refractivity (Wildman–Crippen MR) is 154 cm³/mol. The van der Waals surface area contributed by atoms with Crippen molar-refractivity contribution in [2.45, 2.75) is 71.8 Å². The molecule has 1 saturated heterocycles. The van der Waals surface area contributed by atoms with Gasteiger partial charge in [0.15, 0.2) is 0 Å². The Morgan fingerprint density at radius 2 is 1.85 bits per heavy atom. The molecule has 1 aromatic carbocycles. The highest BCUT2D eigenvalue weighted by Crippen LogP contribution is 2.39. The van der Waals surface area contributed by atoms with E-state index in [1.54, 1.807) is 13.2 Å². The molecule has 206 valence electrons. The van der Waals surface area contributed by atoms with Crippen LogP contribution in [0.25, 0.3) is 27.7 Å². The normalized spacial score (nSPS) is 14.9. The minimum atomic E-state index is -0.483. The van der Waals surface area contributed by atoms with Crippen LogP contribution in [0.5, 0.6) is 0 Å². The van der Waals surface area contributed by atoms with Gasteiger partial charge in [-0.05, 0) is 87.8 Å². The third-order valence-electron chi connectivity index (χ3n) is 7.62. The van der Waals surface area contributed by atoms with E-state index in [1.165, 1.54) is 16.5 Å². The van der Waals surface area contributed by atoms with Crippen LogP contribution in [-0.2, 0) is 4.74 Å². The van der Waals surface area contributed by atoms with Crippen LogP contribution in [-0.4, -0.2) is 57.2 Å². The van der Waals surface area contributed by atoms with Gasteiger partial charge in [-0.3, -0.25) is 4.79 Å². The van der Waals surface area contributed by atoms with Gasteiger partial charge in [-0.15, -0.1) is 0 Å². The van der Waals surface area contributed by atoms with E-state index in [0.29, 0.717) is 24.6 Å². The fraction of sp³-hybridized carbons (Fsp3) is 0.452. The molecule has 39 heavy (non-hydrogen) atoms. The highest BCUT2D eigenvalue weighted by molar-refractivity contribution is 6.01. The van der Waals surface area contributed by atoms with E-state index in [2.05, 4.69) is 59.6 Å². The van der Waals surface area contributed by atoms with Crippen molar-refractivity contribution in [2.75, 3.05) is 20.1 Å². The Labute approximate surface area is 229 Å². The van der Waals surface area contributed by atoms with Gasteiger partial charge < -0.3 is 19.9 Å². The molecule has 1 aliphatic heterocycles. The first-order chi connectivity index (χ1) is 18.5. The average molecular weight is 530 g/mol. The smallest absolute Gasteiger partial charge is 0.410 e. The molecule has 1 fully saturated rings. The Morgan fingerprint density at radius 3 is 2.49 bits per heavy atom. The molecule has 0 radical (unpaired) electrons. The SMILES string of the molecule is CNC(=O)c1cnn2c(C)cc(-c3[nH]c4ccc(C5CCN(C(=O)OC(C)(C)C)CC5)cc4c3C(C)C)cc12. The molecular formula is C31H39N5O3. The number of carbonyl (C=O) groups is 2. The fourth-order valence-electron chi connectivity index (χ4n) is 5.74. The molecule has 0 spiro atoms. The largest absolute Gasteiger partial charge is 0.444 e. The Balaban J connectivity index is 1.48. The quantitative estimate of drug-likeness (QED) is 0.320. The number of ether oxygens (including phenoxy) is 1. The number of nitrogens with one attached hydrogen (secondary N) is 2. The van der Waals surface area contributed by atoms with Crippen molar-refractivity contribution >= 4 is 28.4 Å². The van der Waals surface area contributed by atoms with Crippen molar-refractivity contribution in [3.63, 3.8) is 0 Å². The van der Waals surface area contributed by atoms with Crippen molar-refractivity contribution in [1.82, 2.24) is 24.8 Å². The zero-order chi connectivity index (χ0) is 28.1. The molecule has 4 aromatic rings. The molecule has 1 aliphatic rings. The van der Waals surface area contributed by atoms with E-state index in [-0.39, 0.29) is 17.9 Å². The van der Waals surface area contributed by atoms with Crippen molar-refractivity contribution in [2.24, 2.45) is 0 Å². The first-order valence-electron chi connectivity index (χ1n) is 13.8. The molecule has 2 N–H and O–H groups in total. The standard InChI is InChI=1S/C31H39N5O3/c1-18(2)27-23-15-21(20-10-12-35(13-11-20)30(38)39-31(4,5)6)8-9-25(23)34-28(27)22-14-19(3)36-26(16-22)24(17-33-36)29(37)32-7/h8-9,14-18,20,34H,10-13H2,1-7H3,(H,32,37). The molecule has 3 aromatic heterocycles. The second-order valence-electron chi connectivity index (χ2n) is 11.9. The minimum absolute atomic E-state index is 0.148. The third-order valence-corrected chi connectivity index (χ3v) is 7.62. The van der Waals surface area contributed by atoms with Gasteiger partial charge in [0.05, 0.1) is 23.0 Å². The zero-order valence-corrected chi connectivity index (χ0v) is 24.0. The summed E-state index contributed by atoms with van der Waals surface area (Å²) in [5.74, 6) is 0.537. The third kappa shape index (κ3) is 5.12. The van der Waals surface area contributed by atoms with Crippen LogP contribution in [0.1, 0.15) is 86.5 Å². The van der Waals surface area contributed by atoms with E-state index in [1.807, 2.05) is 37.1 Å². The monoisotopic (exact) mass is 529 g/mol. The first kappa shape index (κ1) is 26.8. The molecule has 8 heteroatoms. The topological polar surface area (TPSA) is 91.7 Å². The minimum Gasteiger partial charge on any atom is -0.444 e. The number of carbonyl (C=O) groups excluding carboxylic acids is 2. The van der Waals surface area contributed by atoms with Crippen LogP contribution in [0.15, 0.2) is 36.5 Å². The number of pyridine rings is 1. The van der Waals surface area contributed by atoms with Crippen molar-refractivity contribution in [3.8, 4) is 11.3 Å². The summed E-state index contributed by atoms with van der Waals surface area (Å²) in [6.07, 6.45) is 3.23. The summed E-state index contributed by atoms with van der Waals surface area (Å²) in [6.45, 7) is 13.6. The summed E-state index contributed by atoms with van der Waals surface area (Å²) >= 11 is 0. The van der Waals surface area contributed by atoms with Crippen LogP contribution in [0.4, 0.5) is 4.79 Å². The summed E-state index contributed by atoms with van der Waals surface area (Å²) < 4.78 is 7.39. The Bertz CT molecular complexity index is 1550. The molecule has 0 saturated carbocycles. The summed E-state index contributed by atoms with van der Waals surface area (Å²) in [5.41, 5.74) is 7.61. The fourth-order valence-corrected chi connectivity index (χ4v) is 5.74. The van der Waals surface area contributed by atoms with Crippen LogP contribution >= 0.6 is 0 Å². The van der Waals surface area contributed by atoms with Gasteiger partial charge in [0, 0.05) is 42.3 Å². The Kier molecular flexibility index (Phi) is 6.91. The van der Waals surface area contributed by atoms with Crippen molar-refractivity contribution in [1.29, 1.82) is 0 Å². The molecule has 2 amide bonds. The van der Waals surface area contributed by atoms with Gasteiger partial charge in [-0.25, -0.2) is 9.31 Å². The molecule has 4 heterocycles. The Morgan fingerprint density at radius 1 is 1.13 bits per heavy atom. The van der Waals surface area contributed by atoms with Crippen LogP contribution < -0.4 is 5.32 Å². The lowest BCUT2D eigenvalue weighted by atomic mass is 9.87. The number of fused-ring (bicyclic) bond motifs is 2. The average Bonchev–Trinajstić information content (AvgIpc) is 3.49. The first-order valence-corrected chi connectivity index (χ1v) is 13.8. The molecule has 0 bridgehead atoms. The number of aromatic amines is 1. The highest BCUT2D eigenvalue weighted by Gasteiger charge is 2.28. The maximum absolute atomic E-state index is 12.5. The number of amides is 2. The van der Waals surface area contributed by atoms with Gasteiger partial charge in [0.2, 0.25) is 0 Å². The van der Waals surface area contributed by atoms with E-state index in [9.17, 15) is 9.59 Å². The number of nitrogens with zero attached hydrogens (tertiary/aromatic N) is 3. The van der Waals surface area contributed by atoms with Crippen LogP contribution in [0, 0.1) is 6.92 Å². The lowest BCUT2D eigenvalue weighted by molar-refractivity contribution is 0.0204. The number of hydrogen-bond acceptors (Lipinski definition) is 4. The molecule has 8 nitrogen and oxygen atoms in total. The maximum atomic E-state index is 12.5. The molecule has 0 aliphatic carbocycles. The van der Waals surface area contributed by atoms with Crippen LogP contribution in [0.3, 0.4) is 0 Å². The lowest BCUT2D eigenvalue weighted by Crippen LogP contribution is -2.41. The molecule has 5 rings (SSSR count). The lowest BCUT2D eigenvalue weighted by Gasteiger charge is -2.33. The number of aryl methyl sites for hydroxylation is 1. The second-order valence-corrected chi connectivity index (χ2v) is 11.9. The second kappa shape index (κ2) is 10.1. The van der Waals surface area contributed by atoms with E-state index < -0.39 is 5.60 Å². The molecule has 0 unspecified atom stereocenters. The number of hydrogen-bond donors (Lipinski definition) is 2. The van der Waals surface area contributed by atoms with E-state index >= 15 is 0 Å². The van der Waals surface area contributed by atoms with Crippen molar-refractivity contribution in [3.05, 3.63) is 58.9 Å². The van der Waals surface area contributed by atoms with E-state index in [4.69, 9.17) is 4.74 Å². The van der Waals surface area contributed by atoms with E-state index in [0.717, 1.165) is 40.8 Å². The molecule has 0 atom stereocenters. The summed E-state index contributed by atoms with van der Waals surface area (Å²) in [7, 11) is 1.63. The summed E-state index contributed by atoms with van der Waals surface area (Å²) in [6, 6.07) is 10.9. The maximum Gasteiger partial charge on any atom is 0.410 e. The number of rotatable bonds is 4. The number of benzene rings is 1. The Hall–Kier alpha value is -3.81.